The quantitative estimate of drug-likeness (QED) is 0.900. The van der Waals surface area contributed by atoms with E-state index in [0.29, 0.717) is 6.61 Å². The summed E-state index contributed by atoms with van der Waals surface area (Å²) in [4.78, 5) is 4.44. The van der Waals surface area contributed by atoms with Gasteiger partial charge in [0.05, 0.1) is 17.3 Å². The van der Waals surface area contributed by atoms with Crippen LogP contribution in [0, 0.1) is 6.92 Å². The zero-order chi connectivity index (χ0) is 13.0. The molecule has 0 radical (unpaired) electrons. The van der Waals surface area contributed by atoms with Crippen LogP contribution in [0.25, 0.3) is 0 Å². The average molecular weight is 262 g/mol. The highest BCUT2D eigenvalue weighted by molar-refractivity contribution is 7.09. The molecule has 1 atom stereocenters. The van der Waals surface area contributed by atoms with E-state index >= 15 is 0 Å². The number of nitrogens with two attached hydrogens (primary N) is 1. The van der Waals surface area contributed by atoms with Crippen LogP contribution in [0.2, 0.25) is 0 Å². The second-order valence-electron chi connectivity index (χ2n) is 4.17. The number of hydrogen-bond donors (Lipinski definition) is 1. The number of aromatic nitrogens is 1. The summed E-state index contributed by atoms with van der Waals surface area (Å²) < 4.78 is 5.41. The monoisotopic (exact) mass is 262 g/mol. The zero-order valence-corrected chi connectivity index (χ0v) is 11.5. The lowest BCUT2D eigenvalue weighted by Crippen LogP contribution is -2.13. The first-order chi connectivity index (χ1) is 8.69. The van der Waals surface area contributed by atoms with Gasteiger partial charge in [0.15, 0.2) is 0 Å². The summed E-state index contributed by atoms with van der Waals surface area (Å²) in [5.74, 6) is 0.887. The molecule has 1 aromatic heterocycles. The van der Waals surface area contributed by atoms with Crippen LogP contribution in [-0.2, 0) is 6.42 Å². The summed E-state index contributed by atoms with van der Waals surface area (Å²) in [6.45, 7) is 4.67. The number of benzene rings is 1. The first-order valence-corrected chi connectivity index (χ1v) is 6.96. The number of hydrogen-bond acceptors (Lipinski definition) is 4. The Kier molecular flexibility index (Phi) is 4.33. The van der Waals surface area contributed by atoms with Crippen molar-refractivity contribution >= 4 is 11.3 Å². The van der Waals surface area contributed by atoms with Gasteiger partial charge in [0, 0.05) is 17.8 Å². The fraction of sp³-hybridized carbons (Fsp3) is 0.357. The lowest BCUT2D eigenvalue weighted by Gasteiger charge is -2.11. The van der Waals surface area contributed by atoms with Crippen LogP contribution in [0.4, 0.5) is 0 Å². The van der Waals surface area contributed by atoms with Gasteiger partial charge in [-0.15, -0.1) is 11.3 Å². The highest BCUT2D eigenvalue weighted by Crippen LogP contribution is 2.20. The van der Waals surface area contributed by atoms with Gasteiger partial charge in [-0.1, -0.05) is 12.1 Å². The molecule has 0 fully saturated rings. The highest BCUT2D eigenvalue weighted by Gasteiger charge is 2.09. The third-order valence-corrected chi connectivity index (χ3v) is 3.54. The van der Waals surface area contributed by atoms with Crippen molar-refractivity contribution < 1.29 is 4.74 Å². The van der Waals surface area contributed by atoms with Crippen molar-refractivity contribution in [2.24, 2.45) is 5.73 Å². The van der Waals surface area contributed by atoms with E-state index in [1.807, 2.05) is 38.1 Å². The molecule has 0 saturated heterocycles. The third-order valence-electron chi connectivity index (χ3n) is 2.71. The Morgan fingerprint density at radius 2 is 2.06 bits per heavy atom. The van der Waals surface area contributed by atoms with Gasteiger partial charge in [-0.3, -0.25) is 0 Å². The van der Waals surface area contributed by atoms with Crippen molar-refractivity contribution in [3.8, 4) is 5.75 Å². The summed E-state index contributed by atoms with van der Waals surface area (Å²) in [5.41, 5.74) is 8.37. The van der Waals surface area contributed by atoms with E-state index in [1.165, 1.54) is 0 Å². The number of thiazole rings is 1. The molecule has 2 N–H and O–H groups in total. The number of rotatable bonds is 5. The molecule has 2 aromatic rings. The van der Waals surface area contributed by atoms with E-state index in [-0.39, 0.29) is 6.04 Å². The summed E-state index contributed by atoms with van der Waals surface area (Å²) in [7, 11) is 0. The van der Waals surface area contributed by atoms with Crippen LogP contribution >= 0.6 is 11.3 Å². The maximum Gasteiger partial charge on any atom is 0.119 e. The average Bonchev–Trinajstić information content (AvgIpc) is 2.76. The van der Waals surface area contributed by atoms with Crippen LogP contribution < -0.4 is 10.5 Å². The molecule has 4 heteroatoms. The van der Waals surface area contributed by atoms with Gasteiger partial charge >= 0.3 is 0 Å². The Bertz CT molecular complexity index is 493. The van der Waals surface area contributed by atoms with Gasteiger partial charge in [0.25, 0.3) is 0 Å². The van der Waals surface area contributed by atoms with Crippen LogP contribution in [0.1, 0.15) is 29.2 Å². The molecule has 1 unspecified atom stereocenters. The van der Waals surface area contributed by atoms with E-state index < -0.39 is 0 Å². The Morgan fingerprint density at radius 3 is 2.61 bits per heavy atom. The smallest absolute Gasteiger partial charge is 0.119 e. The van der Waals surface area contributed by atoms with Crippen molar-refractivity contribution in [1.82, 2.24) is 4.98 Å². The lowest BCUT2D eigenvalue weighted by molar-refractivity contribution is 0.340. The Labute approximate surface area is 112 Å². The van der Waals surface area contributed by atoms with Gasteiger partial charge in [0.1, 0.15) is 5.75 Å². The Morgan fingerprint density at radius 1 is 1.33 bits per heavy atom. The van der Waals surface area contributed by atoms with Crippen LogP contribution in [0.3, 0.4) is 0 Å². The molecule has 18 heavy (non-hydrogen) atoms. The minimum Gasteiger partial charge on any atom is -0.494 e. The minimum atomic E-state index is -0.0119. The second kappa shape index (κ2) is 5.98. The van der Waals surface area contributed by atoms with Crippen molar-refractivity contribution in [3.63, 3.8) is 0 Å². The van der Waals surface area contributed by atoms with Crippen molar-refractivity contribution in [3.05, 3.63) is 45.9 Å². The maximum atomic E-state index is 6.18. The molecule has 1 aromatic carbocycles. The topological polar surface area (TPSA) is 48.1 Å². The van der Waals surface area contributed by atoms with E-state index in [4.69, 9.17) is 10.5 Å². The normalized spacial score (nSPS) is 12.4. The molecule has 0 bridgehead atoms. The molecule has 1 heterocycles. The van der Waals surface area contributed by atoms with Gasteiger partial charge in [-0.05, 0) is 31.5 Å². The highest BCUT2D eigenvalue weighted by atomic mass is 32.1. The molecule has 0 aliphatic rings. The van der Waals surface area contributed by atoms with Crippen molar-refractivity contribution in [2.45, 2.75) is 26.3 Å². The van der Waals surface area contributed by atoms with E-state index in [0.717, 1.165) is 28.4 Å². The SMILES string of the molecule is CCOc1ccc(C(N)Cc2csc(C)n2)cc1. The van der Waals surface area contributed by atoms with Crippen LogP contribution in [-0.4, -0.2) is 11.6 Å². The van der Waals surface area contributed by atoms with Crippen LogP contribution in [0.15, 0.2) is 29.6 Å². The molecule has 0 amide bonds. The van der Waals surface area contributed by atoms with E-state index in [2.05, 4.69) is 10.4 Å². The summed E-state index contributed by atoms with van der Waals surface area (Å²) in [6.07, 6.45) is 0.776. The van der Waals surface area contributed by atoms with E-state index in [1.54, 1.807) is 11.3 Å². The van der Waals surface area contributed by atoms with Gasteiger partial charge in [-0.25, -0.2) is 4.98 Å². The summed E-state index contributed by atoms with van der Waals surface area (Å²) >= 11 is 1.66. The van der Waals surface area contributed by atoms with Crippen molar-refractivity contribution in [1.29, 1.82) is 0 Å². The molecule has 0 saturated carbocycles. The minimum absolute atomic E-state index is 0.0119. The van der Waals surface area contributed by atoms with Gasteiger partial charge in [-0.2, -0.15) is 0 Å². The molecule has 0 aliphatic carbocycles. The number of ether oxygens (including phenoxy) is 1. The Hall–Kier alpha value is -1.39. The fourth-order valence-corrected chi connectivity index (χ4v) is 2.45. The maximum absolute atomic E-state index is 6.18. The van der Waals surface area contributed by atoms with Crippen molar-refractivity contribution in [2.75, 3.05) is 6.61 Å². The molecule has 0 aliphatic heterocycles. The fourth-order valence-electron chi connectivity index (χ4n) is 1.82. The predicted octanol–water partition coefficient (Wildman–Crippen LogP) is 3.09. The standard InChI is InChI=1S/C14H18N2OS/c1-3-17-13-6-4-11(5-7-13)14(15)8-12-9-18-10(2)16-12/h4-7,9,14H,3,8,15H2,1-2H3. The molecule has 96 valence electrons. The molecular formula is C14H18N2OS. The predicted molar refractivity (Wildman–Crippen MR) is 75.1 cm³/mol. The second-order valence-corrected chi connectivity index (χ2v) is 5.23. The first-order valence-electron chi connectivity index (χ1n) is 6.08. The lowest BCUT2D eigenvalue weighted by atomic mass is 10.0. The molecule has 3 nitrogen and oxygen atoms in total. The van der Waals surface area contributed by atoms with E-state index in [9.17, 15) is 0 Å². The summed E-state index contributed by atoms with van der Waals surface area (Å²) in [6, 6.07) is 7.96. The number of nitrogens with zero attached hydrogens (tertiary/aromatic N) is 1. The molecular weight excluding hydrogens is 244 g/mol. The van der Waals surface area contributed by atoms with Gasteiger partial charge < -0.3 is 10.5 Å². The molecule has 0 spiro atoms. The van der Waals surface area contributed by atoms with Crippen LogP contribution in [0.5, 0.6) is 5.75 Å². The largest absolute Gasteiger partial charge is 0.494 e. The first kappa shape index (κ1) is 13.1. The third kappa shape index (κ3) is 3.31. The summed E-state index contributed by atoms with van der Waals surface area (Å²) in [5, 5.41) is 3.16. The number of aryl methyl sites for hydroxylation is 1. The van der Waals surface area contributed by atoms with Gasteiger partial charge in [0.2, 0.25) is 0 Å². The molecule has 2 rings (SSSR count). The zero-order valence-electron chi connectivity index (χ0n) is 10.7. The Balaban J connectivity index is 2.02.